The topological polar surface area (TPSA) is 65.5 Å². The second-order valence-corrected chi connectivity index (χ2v) is 7.11. The molecule has 1 fully saturated rings. The number of phenolic OH excluding ortho intramolecular Hbond substituents is 1. The Bertz CT molecular complexity index is 898. The molecule has 1 amide bonds. The van der Waals surface area contributed by atoms with Gasteiger partial charge in [0.2, 0.25) is 5.91 Å². The van der Waals surface area contributed by atoms with Crippen molar-refractivity contribution in [3.63, 3.8) is 0 Å². The monoisotopic (exact) mass is 339 g/mol. The molecular weight excluding hydrogens is 322 g/mol. The van der Waals surface area contributed by atoms with E-state index in [2.05, 4.69) is 34.3 Å². The van der Waals surface area contributed by atoms with E-state index in [1.165, 1.54) is 10.3 Å². The predicted molar refractivity (Wildman–Crippen MR) is 96.8 cm³/mol. The molecule has 3 aromatic rings. The zero-order chi connectivity index (χ0) is 16.7. The molecule has 0 radical (unpaired) electrons. The first-order valence-electron chi connectivity index (χ1n) is 7.80. The molecule has 1 saturated heterocycles. The van der Waals surface area contributed by atoms with Crippen molar-refractivity contribution in [3.05, 3.63) is 48.0 Å². The van der Waals surface area contributed by atoms with Crippen molar-refractivity contribution in [2.45, 2.75) is 6.92 Å². The number of rotatable bonds is 3. The van der Waals surface area contributed by atoms with Gasteiger partial charge in [-0.3, -0.25) is 4.79 Å². The lowest BCUT2D eigenvalue weighted by atomic mass is 10.00. The molecule has 1 aliphatic rings. The summed E-state index contributed by atoms with van der Waals surface area (Å²) in [5, 5.41) is 13.1. The van der Waals surface area contributed by atoms with Gasteiger partial charge in [0.15, 0.2) is 5.13 Å². The van der Waals surface area contributed by atoms with Gasteiger partial charge in [-0.15, -0.1) is 0 Å². The number of nitrogens with one attached hydrogen (secondary N) is 1. The third kappa shape index (κ3) is 2.80. The Morgan fingerprint density at radius 3 is 2.75 bits per heavy atom. The average Bonchev–Trinajstić information content (AvgIpc) is 2.90. The van der Waals surface area contributed by atoms with E-state index >= 15 is 0 Å². The number of fused-ring (bicyclic) bond motifs is 1. The summed E-state index contributed by atoms with van der Waals surface area (Å²) >= 11 is 1.67. The predicted octanol–water partition coefficient (Wildman–Crippen LogP) is 3.39. The van der Waals surface area contributed by atoms with Crippen LogP contribution in [0.1, 0.15) is 5.56 Å². The second kappa shape index (κ2) is 5.79. The number of carbonyl (C=O) groups excluding carboxylic acids is 1. The molecule has 5 nitrogen and oxygen atoms in total. The summed E-state index contributed by atoms with van der Waals surface area (Å²) in [6.45, 7) is 3.44. The van der Waals surface area contributed by atoms with Gasteiger partial charge in [0.25, 0.3) is 0 Å². The zero-order valence-corrected chi connectivity index (χ0v) is 14.0. The van der Waals surface area contributed by atoms with Gasteiger partial charge >= 0.3 is 0 Å². The fourth-order valence-electron chi connectivity index (χ4n) is 2.74. The van der Waals surface area contributed by atoms with Crippen molar-refractivity contribution in [2.24, 2.45) is 5.92 Å². The Balaban J connectivity index is 1.39. The van der Waals surface area contributed by atoms with Gasteiger partial charge in [-0.1, -0.05) is 17.4 Å². The number of aryl methyl sites for hydroxylation is 1. The van der Waals surface area contributed by atoms with Crippen molar-refractivity contribution < 1.29 is 9.90 Å². The summed E-state index contributed by atoms with van der Waals surface area (Å²) < 4.78 is 1.18. The van der Waals surface area contributed by atoms with Crippen LogP contribution in [0.4, 0.5) is 10.8 Å². The smallest absolute Gasteiger partial charge is 0.231 e. The lowest BCUT2D eigenvalue weighted by Crippen LogP contribution is -2.52. The standard InChI is InChI=1S/C18H17N3O2S/c1-11-2-7-15-16(8-11)24-18(20-15)21-9-12(10-21)17(23)19-13-3-5-14(22)6-4-13/h2-8,12,22H,9-10H2,1H3,(H,19,23). The third-order valence-corrected chi connectivity index (χ3v) is 5.27. The fraction of sp³-hybridized carbons (Fsp3) is 0.222. The summed E-state index contributed by atoms with van der Waals surface area (Å²) in [6, 6.07) is 12.8. The minimum atomic E-state index is -0.0347. The van der Waals surface area contributed by atoms with E-state index in [0.29, 0.717) is 18.8 Å². The molecular formula is C18H17N3O2S. The first-order valence-corrected chi connectivity index (χ1v) is 8.62. The quantitative estimate of drug-likeness (QED) is 0.718. The first-order chi connectivity index (χ1) is 11.6. The maximum atomic E-state index is 12.3. The van der Waals surface area contributed by atoms with Gasteiger partial charge in [-0.25, -0.2) is 4.98 Å². The Kier molecular flexibility index (Phi) is 3.61. The van der Waals surface area contributed by atoms with Crippen LogP contribution in [0, 0.1) is 12.8 Å². The van der Waals surface area contributed by atoms with Crippen molar-refractivity contribution in [1.82, 2.24) is 4.98 Å². The third-order valence-electron chi connectivity index (χ3n) is 4.19. The van der Waals surface area contributed by atoms with E-state index < -0.39 is 0 Å². The van der Waals surface area contributed by atoms with Crippen LogP contribution in [0.2, 0.25) is 0 Å². The molecule has 6 heteroatoms. The van der Waals surface area contributed by atoms with Crippen LogP contribution in [0.5, 0.6) is 5.75 Å². The van der Waals surface area contributed by atoms with Gasteiger partial charge in [-0.2, -0.15) is 0 Å². The Labute approximate surface area is 143 Å². The largest absolute Gasteiger partial charge is 0.508 e. The highest BCUT2D eigenvalue weighted by Gasteiger charge is 2.34. The molecule has 0 saturated carbocycles. The minimum absolute atomic E-state index is 0.00824. The molecule has 0 spiro atoms. The van der Waals surface area contributed by atoms with Crippen LogP contribution in [-0.2, 0) is 4.79 Å². The molecule has 0 bridgehead atoms. The summed E-state index contributed by atoms with van der Waals surface area (Å²) in [4.78, 5) is 19.0. The Morgan fingerprint density at radius 2 is 2.00 bits per heavy atom. The van der Waals surface area contributed by atoms with E-state index in [0.717, 1.165) is 10.6 Å². The maximum Gasteiger partial charge on any atom is 0.231 e. The Morgan fingerprint density at radius 1 is 1.25 bits per heavy atom. The SMILES string of the molecule is Cc1ccc2nc(N3CC(C(=O)Nc4ccc(O)cc4)C3)sc2c1. The van der Waals surface area contributed by atoms with Gasteiger partial charge in [0, 0.05) is 18.8 Å². The van der Waals surface area contributed by atoms with Crippen LogP contribution >= 0.6 is 11.3 Å². The number of nitrogens with zero attached hydrogens (tertiary/aromatic N) is 2. The molecule has 2 heterocycles. The van der Waals surface area contributed by atoms with E-state index in [9.17, 15) is 9.90 Å². The number of hydrogen-bond donors (Lipinski definition) is 2. The van der Waals surface area contributed by atoms with E-state index in [-0.39, 0.29) is 17.6 Å². The van der Waals surface area contributed by atoms with Crippen LogP contribution < -0.4 is 10.2 Å². The number of carbonyl (C=O) groups is 1. The maximum absolute atomic E-state index is 12.3. The molecule has 0 unspecified atom stereocenters. The van der Waals surface area contributed by atoms with Gasteiger partial charge in [0.05, 0.1) is 16.1 Å². The van der Waals surface area contributed by atoms with Gasteiger partial charge < -0.3 is 15.3 Å². The van der Waals surface area contributed by atoms with Crippen molar-refractivity contribution in [1.29, 1.82) is 0 Å². The number of thiazole rings is 1. The number of phenols is 1. The summed E-state index contributed by atoms with van der Waals surface area (Å²) in [5.41, 5.74) is 2.94. The number of anilines is 2. The lowest BCUT2D eigenvalue weighted by Gasteiger charge is -2.37. The molecule has 24 heavy (non-hydrogen) atoms. The number of amides is 1. The molecule has 122 valence electrons. The number of benzene rings is 2. The minimum Gasteiger partial charge on any atom is -0.508 e. The second-order valence-electron chi connectivity index (χ2n) is 6.11. The lowest BCUT2D eigenvalue weighted by molar-refractivity contribution is -0.120. The van der Waals surface area contributed by atoms with E-state index in [4.69, 9.17) is 0 Å². The molecule has 0 aliphatic carbocycles. The molecule has 4 rings (SSSR count). The fourth-order valence-corrected chi connectivity index (χ4v) is 3.83. The average molecular weight is 339 g/mol. The highest BCUT2D eigenvalue weighted by atomic mass is 32.1. The number of aromatic hydroxyl groups is 1. The van der Waals surface area contributed by atoms with Crippen molar-refractivity contribution in [3.8, 4) is 5.75 Å². The van der Waals surface area contributed by atoms with E-state index in [1.807, 2.05) is 6.07 Å². The molecule has 1 aromatic heterocycles. The zero-order valence-electron chi connectivity index (χ0n) is 13.2. The van der Waals surface area contributed by atoms with Crippen molar-refractivity contribution >= 4 is 38.3 Å². The molecule has 2 aromatic carbocycles. The summed E-state index contributed by atoms with van der Waals surface area (Å²) in [5.74, 6) is 0.162. The van der Waals surface area contributed by atoms with Gasteiger partial charge in [-0.05, 0) is 48.9 Å². The van der Waals surface area contributed by atoms with Gasteiger partial charge in [0.1, 0.15) is 5.75 Å². The van der Waals surface area contributed by atoms with Crippen molar-refractivity contribution in [2.75, 3.05) is 23.3 Å². The molecule has 0 atom stereocenters. The molecule has 1 aliphatic heterocycles. The number of hydrogen-bond acceptors (Lipinski definition) is 5. The summed E-state index contributed by atoms with van der Waals surface area (Å²) in [6.07, 6.45) is 0. The first kappa shape index (κ1) is 15.0. The van der Waals surface area contributed by atoms with Crippen LogP contribution in [0.3, 0.4) is 0 Å². The Hall–Kier alpha value is -2.60. The highest BCUT2D eigenvalue weighted by Crippen LogP contribution is 2.33. The van der Waals surface area contributed by atoms with E-state index in [1.54, 1.807) is 35.6 Å². The van der Waals surface area contributed by atoms with Crippen LogP contribution in [0.15, 0.2) is 42.5 Å². The number of aromatic nitrogens is 1. The summed E-state index contributed by atoms with van der Waals surface area (Å²) in [7, 11) is 0. The van der Waals surface area contributed by atoms with Crippen LogP contribution in [0.25, 0.3) is 10.2 Å². The molecule has 2 N–H and O–H groups in total. The normalized spacial score (nSPS) is 14.6. The highest BCUT2D eigenvalue weighted by molar-refractivity contribution is 7.22. The van der Waals surface area contributed by atoms with Crippen LogP contribution in [-0.4, -0.2) is 29.1 Å².